The Balaban J connectivity index is 2.26. The van der Waals surface area contributed by atoms with Crippen LogP contribution in [0, 0.1) is 13.8 Å². The fourth-order valence-electron chi connectivity index (χ4n) is 2.86. The van der Waals surface area contributed by atoms with Crippen LogP contribution in [-0.2, 0) is 19.6 Å². The summed E-state index contributed by atoms with van der Waals surface area (Å²) in [6.45, 7) is 7.05. The van der Waals surface area contributed by atoms with E-state index in [4.69, 9.17) is 4.74 Å². The highest BCUT2D eigenvalue weighted by Gasteiger charge is 2.27. The second-order valence-corrected chi connectivity index (χ2v) is 8.43. The lowest BCUT2D eigenvalue weighted by Crippen LogP contribution is -2.41. The molecule has 0 saturated heterocycles. The van der Waals surface area contributed by atoms with E-state index in [2.05, 4.69) is 5.32 Å². The lowest BCUT2D eigenvalue weighted by atomic mass is 10.1. The topological polar surface area (TPSA) is 75.7 Å². The van der Waals surface area contributed by atoms with Crippen LogP contribution in [0.1, 0.15) is 24.5 Å². The van der Waals surface area contributed by atoms with Crippen molar-refractivity contribution in [1.82, 2.24) is 5.32 Å². The summed E-state index contributed by atoms with van der Waals surface area (Å²) in [5.74, 6) is -0.352. The molecule has 0 radical (unpaired) electrons. The van der Waals surface area contributed by atoms with Crippen LogP contribution in [-0.4, -0.2) is 40.6 Å². The SMILES string of the molecule is CCOCCCNC(=O)CN(c1cc(C)cc(C)c1)S(=O)(=O)c1ccccc1. The smallest absolute Gasteiger partial charge is 0.264 e. The molecule has 6 nitrogen and oxygen atoms in total. The molecule has 0 heterocycles. The summed E-state index contributed by atoms with van der Waals surface area (Å²) in [6.07, 6.45) is 0.675. The molecule has 0 aromatic heterocycles. The van der Waals surface area contributed by atoms with Gasteiger partial charge in [0.25, 0.3) is 10.0 Å². The minimum atomic E-state index is -3.87. The van der Waals surface area contributed by atoms with E-state index >= 15 is 0 Å². The highest BCUT2D eigenvalue weighted by atomic mass is 32.2. The number of ether oxygens (including phenoxy) is 1. The fraction of sp³-hybridized carbons (Fsp3) is 0.381. The Morgan fingerprint density at radius 3 is 2.32 bits per heavy atom. The Kier molecular flexibility index (Phi) is 8.02. The summed E-state index contributed by atoms with van der Waals surface area (Å²) >= 11 is 0. The van der Waals surface area contributed by atoms with Crippen LogP contribution in [0.15, 0.2) is 53.4 Å². The van der Waals surface area contributed by atoms with E-state index in [0.29, 0.717) is 31.9 Å². The summed E-state index contributed by atoms with van der Waals surface area (Å²) < 4.78 is 32.9. The first-order valence-corrected chi connectivity index (χ1v) is 10.8. The number of rotatable bonds is 10. The largest absolute Gasteiger partial charge is 0.382 e. The molecule has 0 unspecified atom stereocenters. The van der Waals surface area contributed by atoms with E-state index in [1.807, 2.05) is 26.8 Å². The van der Waals surface area contributed by atoms with Crippen molar-refractivity contribution in [1.29, 1.82) is 0 Å². The maximum Gasteiger partial charge on any atom is 0.264 e. The van der Waals surface area contributed by atoms with Gasteiger partial charge in [0, 0.05) is 19.8 Å². The van der Waals surface area contributed by atoms with Crippen molar-refractivity contribution in [3.63, 3.8) is 0 Å². The van der Waals surface area contributed by atoms with Crippen molar-refractivity contribution in [3.05, 3.63) is 59.7 Å². The van der Waals surface area contributed by atoms with Crippen LogP contribution < -0.4 is 9.62 Å². The number of sulfonamides is 1. The molecule has 1 amide bonds. The van der Waals surface area contributed by atoms with Crippen LogP contribution in [0.5, 0.6) is 0 Å². The Hall–Kier alpha value is -2.38. The molecule has 0 saturated carbocycles. The Labute approximate surface area is 167 Å². The number of hydrogen-bond acceptors (Lipinski definition) is 4. The molecule has 0 atom stereocenters. The van der Waals surface area contributed by atoms with Crippen molar-refractivity contribution < 1.29 is 17.9 Å². The number of anilines is 1. The van der Waals surface area contributed by atoms with Gasteiger partial charge in [-0.2, -0.15) is 0 Å². The van der Waals surface area contributed by atoms with Crippen LogP contribution in [0.25, 0.3) is 0 Å². The highest BCUT2D eigenvalue weighted by molar-refractivity contribution is 7.92. The van der Waals surface area contributed by atoms with E-state index in [9.17, 15) is 13.2 Å². The molecular weight excluding hydrogens is 376 g/mol. The van der Waals surface area contributed by atoms with E-state index in [1.165, 1.54) is 16.4 Å². The molecule has 2 aromatic carbocycles. The molecule has 7 heteroatoms. The first kappa shape index (κ1) is 21.9. The number of amides is 1. The maximum absolute atomic E-state index is 13.2. The molecule has 28 heavy (non-hydrogen) atoms. The number of aryl methyl sites for hydroxylation is 2. The summed E-state index contributed by atoms with van der Waals surface area (Å²) in [5, 5.41) is 2.77. The first-order valence-electron chi connectivity index (χ1n) is 9.35. The maximum atomic E-state index is 13.2. The molecule has 0 spiro atoms. The molecule has 0 aliphatic rings. The van der Waals surface area contributed by atoms with Crippen LogP contribution in [0.2, 0.25) is 0 Å². The second-order valence-electron chi connectivity index (χ2n) is 6.57. The zero-order valence-electron chi connectivity index (χ0n) is 16.6. The molecule has 2 aromatic rings. The predicted molar refractivity (Wildman–Crippen MR) is 111 cm³/mol. The number of nitrogens with zero attached hydrogens (tertiary/aromatic N) is 1. The Morgan fingerprint density at radius 1 is 1.07 bits per heavy atom. The lowest BCUT2D eigenvalue weighted by Gasteiger charge is -2.25. The summed E-state index contributed by atoms with van der Waals surface area (Å²) in [5.41, 5.74) is 2.34. The number of benzene rings is 2. The van der Waals surface area contributed by atoms with Gasteiger partial charge < -0.3 is 10.1 Å². The standard InChI is InChI=1S/C21H28N2O4S/c1-4-27-12-8-11-22-21(24)16-23(19-14-17(2)13-18(3)15-19)28(25,26)20-9-6-5-7-10-20/h5-7,9-10,13-15H,4,8,11-12,16H2,1-3H3,(H,22,24). The van der Waals surface area contributed by atoms with Crippen molar-refractivity contribution in [2.45, 2.75) is 32.1 Å². The monoisotopic (exact) mass is 404 g/mol. The zero-order chi connectivity index (χ0) is 20.6. The van der Waals surface area contributed by atoms with E-state index in [-0.39, 0.29) is 17.3 Å². The fourth-order valence-corrected chi connectivity index (χ4v) is 4.29. The van der Waals surface area contributed by atoms with Gasteiger partial charge in [-0.3, -0.25) is 9.10 Å². The van der Waals surface area contributed by atoms with Crippen molar-refractivity contribution in [3.8, 4) is 0 Å². The van der Waals surface area contributed by atoms with Gasteiger partial charge in [-0.25, -0.2) is 8.42 Å². The lowest BCUT2D eigenvalue weighted by molar-refractivity contribution is -0.119. The number of hydrogen-bond donors (Lipinski definition) is 1. The van der Waals surface area contributed by atoms with Gasteiger partial charge >= 0.3 is 0 Å². The summed E-state index contributed by atoms with van der Waals surface area (Å²) in [4.78, 5) is 12.6. The van der Waals surface area contributed by atoms with Crippen molar-refractivity contribution >= 4 is 21.6 Å². The first-order chi connectivity index (χ1) is 13.3. The molecule has 0 aliphatic heterocycles. The van der Waals surface area contributed by atoms with E-state index < -0.39 is 10.0 Å². The molecule has 152 valence electrons. The van der Waals surface area contributed by atoms with Gasteiger partial charge in [0.05, 0.1) is 10.6 Å². The highest BCUT2D eigenvalue weighted by Crippen LogP contribution is 2.25. The molecule has 0 bridgehead atoms. The molecule has 1 N–H and O–H groups in total. The Bertz CT molecular complexity index is 862. The predicted octanol–water partition coefficient (Wildman–Crippen LogP) is 3.04. The average Bonchev–Trinajstić information content (AvgIpc) is 2.65. The number of carbonyl (C=O) groups excluding carboxylic acids is 1. The molecule has 0 fully saturated rings. The molecule has 2 rings (SSSR count). The van der Waals surface area contributed by atoms with Gasteiger partial charge in [0.1, 0.15) is 6.54 Å². The average molecular weight is 405 g/mol. The minimum Gasteiger partial charge on any atom is -0.382 e. The summed E-state index contributed by atoms with van der Waals surface area (Å²) in [6, 6.07) is 13.7. The van der Waals surface area contributed by atoms with Crippen LogP contribution in [0.3, 0.4) is 0 Å². The Morgan fingerprint density at radius 2 is 1.71 bits per heavy atom. The zero-order valence-corrected chi connectivity index (χ0v) is 17.5. The van der Waals surface area contributed by atoms with Crippen LogP contribution >= 0.6 is 0 Å². The number of carbonyl (C=O) groups is 1. The van der Waals surface area contributed by atoms with Gasteiger partial charge in [-0.05, 0) is 62.6 Å². The van der Waals surface area contributed by atoms with E-state index in [1.54, 1.807) is 30.3 Å². The summed E-state index contributed by atoms with van der Waals surface area (Å²) in [7, 11) is -3.87. The number of nitrogens with one attached hydrogen (secondary N) is 1. The van der Waals surface area contributed by atoms with Crippen LogP contribution in [0.4, 0.5) is 5.69 Å². The molecular formula is C21H28N2O4S. The van der Waals surface area contributed by atoms with Gasteiger partial charge in [0.2, 0.25) is 5.91 Å². The van der Waals surface area contributed by atoms with Gasteiger partial charge in [0.15, 0.2) is 0 Å². The normalized spacial score (nSPS) is 11.2. The molecule has 0 aliphatic carbocycles. The van der Waals surface area contributed by atoms with Gasteiger partial charge in [-0.15, -0.1) is 0 Å². The third-order valence-corrected chi connectivity index (χ3v) is 5.89. The third kappa shape index (κ3) is 6.07. The minimum absolute atomic E-state index is 0.151. The third-order valence-electron chi connectivity index (χ3n) is 4.10. The quantitative estimate of drug-likeness (QED) is 0.618. The van der Waals surface area contributed by atoms with Gasteiger partial charge in [-0.1, -0.05) is 24.3 Å². The van der Waals surface area contributed by atoms with E-state index in [0.717, 1.165) is 11.1 Å². The second kappa shape index (κ2) is 10.2. The van der Waals surface area contributed by atoms with Crippen molar-refractivity contribution in [2.24, 2.45) is 0 Å². The van der Waals surface area contributed by atoms with Crippen molar-refractivity contribution in [2.75, 3.05) is 30.6 Å².